The van der Waals surface area contributed by atoms with Gasteiger partial charge in [-0.2, -0.15) is 0 Å². The van der Waals surface area contributed by atoms with Crippen molar-refractivity contribution in [2.75, 3.05) is 4.90 Å². The predicted octanol–water partition coefficient (Wildman–Crippen LogP) is 10.9. The van der Waals surface area contributed by atoms with E-state index in [1.807, 2.05) is 11.8 Å². The van der Waals surface area contributed by atoms with Gasteiger partial charge in [0.25, 0.3) is 0 Å². The summed E-state index contributed by atoms with van der Waals surface area (Å²) in [5, 5.41) is 7.50. The monoisotopic (exact) mass is 509 g/mol. The van der Waals surface area contributed by atoms with Crippen LogP contribution in [0.2, 0.25) is 0 Å². The lowest BCUT2D eigenvalue weighted by Crippen LogP contribution is -2.10. The smallest absolute Gasteiger partial charge is 0.143 e. The molecule has 0 saturated carbocycles. The lowest BCUT2D eigenvalue weighted by atomic mass is 10.0. The first-order chi connectivity index (χ1) is 18.7. The summed E-state index contributed by atoms with van der Waals surface area (Å²) in [6.07, 6.45) is 0. The zero-order chi connectivity index (χ0) is 25.6. The van der Waals surface area contributed by atoms with Crippen LogP contribution in [0.4, 0.5) is 17.1 Å². The molecule has 3 heteroatoms. The van der Waals surface area contributed by atoms with Crippen molar-refractivity contribution >= 4 is 72.3 Å². The Hall–Kier alpha value is -4.21. The second kappa shape index (κ2) is 9.27. The minimum absolute atomic E-state index is 0.544. The summed E-state index contributed by atoms with van der Waals surface area (Å²) in [4.78, 5) is 3.65. The zero-order valence-electron chi connectivity index (χ0n) is 21.4. The molecule has 0 N–H and O–H groups in total. The van der Waals surface area contributed by atoms with E-state index in [9.17, 15) is 0 Å². The van der Waals surface area contributed by atoms with E-state index in [0.29, 0.717) is 5.25 Å². The number of benzene rings is 6. The van der Waals surface area contributed by atoms with Gasteiger partial charge in [-0.05, 0) is 65.4 Å². The average molecular weight is 510 g/mol. The van der Waals surface area contributed by atoms with Crippen molar-refractivity contribution in [2.24, 2.45) is 0 Å². The Morgan fingerprint density at radius 1 is 0.579 bits per heavy atom. The number of nitrogens with zero attached hydrogens (tertiary/aromatic N) is 1. The molecule has 1 aromatic heterocycles. The fourth-order valence-corrected chi connectivity index (χ4v) is 6.24. The van der Waals surface area contributed by atoms with E-state index in [2.05, 4.69) is 140 Å². The van der Waals surface area contributed by atoms with Crippen LogP contribution in [0.15, 0.2) is 131 Å². The molecule has 0 atom stereocenters. The Bertz CT molecular complexity index is 1920. The van der Waals surface area contributed by atoms with Gasteiger partial charge in [0.15, 0.2) is 0 Å². The van der Waals surface area contributed by atoms with Crippen molar-refractivity contribution in [3.05, 3.63) is 121 Å². The Labute approximate surface area is 226 Å². The van der Waals surface area contributed by atoms with Gasteiger partial charge in [0.2, 0.25) is 0 Å². The maximum atomic E-state index is 6.55. The maximum absolute atomic E-state index is 6.55. The van der Waals surface area contributed by atoms with E-state index in [0.717, 1.165) is 49.8 Å². The fraction of sp³-hybridized carbons (Fsp3) is 0.0857. The second-order valence-corrected chi connectivity index (χ2v) is 11.6. The van der Waals surface area contributed by atoms with Crippen LogP contribution in [0.1, 0.15) is 13.8 Å². The topological polar surface area (TPSA) is 16.4 Å². The van der Waals surface area contributed by atoms with E-state index in [1.165, 1.54) is 15.7 Å². The van der Waals surface area contributed by atoms with Crippen molar-refractivity contribution in [2.45, 2.75) is 24.0 Å². The molecular weight excluding hydrogens is 482 g/mol. The molecule has 6 aromatic carbocycles. The highest BCUT2D eigenvalue weighted by atomic mass is 32.2. The highest BCUT2D eigenvalue weighted by Gasteiger charge is 2.20. The summed E-state index contributed by atoms with van der Waals surface area (Å²) >= 11 is 1.89. The van der Waals surface area contributed by atoms with Gasteiger partial charge < -0.3 is 9.32 Å². The lowest BCUT2D eigenvalue weighted by molar-refractivity contribution is 0.673. The van der Waals surface area contributed by atoms with Crippen LogP contribution in [0.5, 0.6) is 0 Å². The first-order valence-electron chi connectivity index (χ1n) is 13.0. The summed E-state index contributed by atoms with van der Waals surface area (Å²) in [5.74, 6) is 0. The SMILES string of the molecule is CC(C)Sc1ccc(N(c2ccccc2)c2cc3c4cc5ccccc5cc4oc3c3ccccc23)cc1. The van der Waals surface area contributed by atoms with Crippen molar-refractivity contribution < 1.29 is 4.42 Å². The highest BCUT2D eigenvalue weighted by molar-refractivity contribution is 7.99. The number of rotatable bonds is 5. The molecule has 0 spiro atoms. The lowest BCUT2D eigenvalue weighted by Gasteiger charge is -2.27. The maximum Gasteiger partial charge on any atom is 0.143 e. The van der Waals surface area contributed by atoms with Crippen molar-refractivity contribution in [1.29, 1.82) is 0 Å². The first-order valence-corrected chi connectivity index (χ1v) is 13.9. The second-order valence-electron chi connectivity index (χ2n) is 9.95. The minimum Gasteiger partial charge on any atom is -0.455 e. The summed E-state index contributed by atoms with van der Waals surface area (Å²) in [5.41, 5.74) is 5.25. The van der Waals surface area contributed by atoms with Crippen molar-refractivity contribution in [1.82, 2.24) is 0 Å². The van der Waals surface area contributed by atoms with Gasteiger partial charge >= 0.3 is 0 Å². The summed E-state index contributed by atoms with van der Waals surface area (Å²) in [6, 6.07) is 43.4. The van der Waals surface area contributed by atoms with E-state index in [4.69, 9.17) is 4.42 Å². The number of fused-ring (bicyclic) bond motifs is 6. The summed E-state index contributed by atoms with van der Waals surface area (Å²) in [6.45, 7) is 4.46. The number of para-hydroxylation sites is 1. The third-order valence-corrected chi connectivity index (χ3v) is 8.06. The van der Waals surface area contributed by atoms with Crippen LogP contribution >= 0.6 is 11.8 Å². The molecule has 0 amide bonds. The van der Waals surface area contributed by atoms with Gasteiger partial charge in [0.05, 0.1) is 5.69 Å². The van der Waals surface area contributed by atoms with Crippen LogP contribution < -0.4 is 4.90 Å². The normalized spacial score (nSPS) is 11.8. The van der Waals surface area contributed by atoms with E-state index in [1.54, 1.807) is 0 Å². The molecule has 7 aromatic rings. The zero-order valence-corrected chi connectivity index (χ0v) is 22.2. The first kappa shape index (κ1) is 22.9. The van der Waals surface area contributed by atoms with Gasteiger partial charge in [0, 0.05) is 43.1 Å². The highest BCUT2D eigenvalue weighted by Crippen LogP contribution is 2.45. The van der Waals surface area contributed by atoms with Crippen LogP contribution in [-0.2, 0) is 0 Å². The molecule has 0 aliphatic heterocycles. The molecule has 0 aliphatic carbocycles. The van der Waals surface area contributed by atoms with Crippen molar-refractivity contribution in [3.63, 3.8) is 0 Å². The van der Waals surface area contributed by atoms with E-state index >= 15 is 0 Å². The molecule has 38 heavy (non-hydrogen) atoms. The Morgan fingerprint density at radius 3 is 1.95 bits per heavy atom. The average Bonchev–Trinajstić information content (AvgIpc) is 3.31. The third kappa shape index (κ3) is 3.91. The van der Waals surface area contributed by atoms with Gasteiger partial charge in [-0.3, -0.25) is 0 Å². The molecule has 1 heterocycles. The van der Waals surface area contributed by atoms with Gasteiger partial charge in [0.1, 0.15) is 11.2 Å². The number of anilines is 3. The molecule has 184 valence electrons. The number of thioether (sulfide) groups is 1. The van der Waals surface area contributed by atoms with Gasteiger partial charge in [-0.1, -0.05) is 80.6 Å². The molecule has 0 unspecified atom stereocenters. The number of hydrogen-bond donors (Lipinski definition) is 0. The fourth-order valence-electron chi connectivity index (χ4n) is 5.40. The van der Waals surface area contributed by atoms with Crippen LogP contribution in [0.3, 0.4) is 0 Å². The Kier molecular flexibility index (Phi) is 5.60. The van der Waals surface area contributed by atoms with Gasteiger partial charge in [-0.25, -0.2) is 0 Å². The summed E-state index contributed by atoms with van der Waals surface area (Å²) in [7, 11) is 0. The van der Waals surface area contributed by atoms with Crippen LogP contribution in [0, 0.1) is 0 Å². The molecule has 0 bridgehead atoms. The van der Waals surface area contributed by atoms with Crippen molar-refractivity contribution in [3.8, 4) is 0 Å². The molecule has 0 aliphatic rings. The summed E-state index contributed by atoms with van der Waals surface area (Å²) < 4.78 is 6.55. The van der Waals surface area contributed by atoms with Crippen LogP contribution in [0.25, 0.3) is 43.5 Å². The standard InChI is InChI=1S/C35H27NOS/c1-23(2)38-28-18-16-27(17-19-28)36(26-12-4-3-5-13-26)33-22-32-31-20-24-10-6-7-11-25(24)21-34(31)37-35(32)30-15-9-8-14-29(30)33/h3-23H,1-2H3. The quantitative estimate of drug-likeness (QED) is 0.215. The molecule has 0 fully saturated rings. The van der Waals surface area contributed by atoms with E-state index in [-0.39, 0.29) is 0 Å². The number of furan rings is 1. The molecule has 0 radical (unpaired) electrons. The molecular formula is C35H27NOS. The minimum atomic E-state index is 0.544. The largest absolute Gasteiger partial charge is 0.455 e. The predicted molar refractivity (Wildman–Crippen MR) is 164 cm³/mol. The third-order valence-electron chi connectivity index (χ3n) is 7.05. The Morgan fingerprint density at radius 2 is 1.21 bits per heavy atom. The molecule has 7 rings (SSSR count). The number of hydrogen-bond acceptors (Lipinski definition) is 3. The molecule has 2 nitrogen and oxygen atoms in total. The Balaban J connectivity index is 1.52. The van der Waals surface area contributed by atoms with E-state index < -0.39 is 0 Å². The van der Waals surface area contributed by atoms with Crippen LogP contribution in [-0.4, -0.2) is 5.25 Å². The molecule has 0 saturated heterocycles. The van der Waals surface area contributed by atoms with Gasteiger partial charge in [-0.15, -0.1) is 11.8 Å².